The third-order valence-corrected chi connectivity index (χ3v) is 5.37. The summed E-state index contributed by atoms with van der Waals surface area (Å²) in [5.41, 5.74) is 7.21. The van der Waals surface area contributed by atoms with Gasteiger partial charge in [0.1, 0.15) is 0 Å². The lowest BCUT2D eigenvalue weighted by molar-refractivity contribution is -0.119. The summed E-state index contributed by atoms with van der Waals surface area (Å²) in [5, 5.41) is 12.7. The van der Waals surface area contributed by atoms with Crippen LogP contribution in [0.15, 0.2) is 53.7 Å². The monoisotopic (exact) mass is 444 g/mol. The molecule has 0 aliphatic rings. The van der Waals surface area contributed by atoms with E-state index >= 15 is 0 Å². The van der Waals surface area contributed by atoms with Crippen molar-refractivity contribution in [3.63, 3.8) is 0 Å². The van der Waals surface area contributed by atoms with Crippen LogP contribution in [0.4, 0.5) is 0 Å². The van der Waals surface area contributed by atoms with Gasteiger partial charge in [0.25, 0.3) is 5.91 Å². The molecular formula is C20H21ClN6O2S. The molecule has 3 rings (SSSR count). The molecule has 0 unspecified atom stereocenters. The third kappa shape index (κ3) is 6.04. The molecule has 0 saturated carbocycles. The fraction of sp³-hybridized carbons (Fsp3) is 0.250. The van der Waals surface area contributed by atoms with Crippen LogP contribution in [0, 0.1) is 0 Å². The maximum Gasteiger partial charge on any atom is 0.269 e. The molecule has 8 nitrogen and oxygen atoms in total. The molecule has 30 heavy (non-hydrogen) atoms. The van der Waals surface area contributed by atoms with Crippen LogP contribution in [-0.4, -0.2) is 37.8 Å². The Bertz CT molecular complexity index is 991. The van der Waals surface area contributed by atoms with Crippen LogP contribution in [0.25, 0.3) is 5.69 Å². The number of tetrazole rings is 1. The fourth-order valence-corrected chi connectivity index (χ4v) is 3.40. The number of hydrazine groups is 1. The molecule has 0 spiro atoms. The number of thioether (sulfide) groups is 1. The SMILES string of the molecule is CCCCc1ccc(-n2nnnc2SCC(=O)NNC(=O)c2ccc(Cl)cc2)cc1. The predicted octanol–water partition coefficient (Wildman–Crippen LogP) is 3.21. The van der Waals surface area contributed by atoms with E-state index < -0.39 is 5.91 Å². The van der Waals surface area contributed by atoms with Crippen LogP contribution in [0.5, 0.6) is 0 Å². The molecule has 0 bridgehead atoms. The van der Waals surface area contributed by atoms with Gasteiger partial charge in [-0.05, 0) is 65.2 Å². The van der Waals surface area contributed by atoms with Gasteiger partial charge in [0.15, 0.2) is 0 Å². The molecule has 3 aromatic rings. The van der Waals surface area contributed by atoms with E-state index in [0.29, 0.717) is 15.7 Å². The number of rotatable bonds is 8. The van der Waals surface area contributed by atoms with Crippen molar-refractivity contribution < 1.29 is 9.59 Å². The predicted molar refractivity (Wildman–Crippen MR) is 116 cm³/mol. The average Bonchev–Trinajstić information content (AvgIpc) is 3.24. The second-order valence-electron chi connectivity index (χ2n) is 6.44. The number of nitrogens with zero attached hydrogens (tertiary/aromatic N) is 4. The number of hydrogen-bond donors (Lipinski definition) is 2. The minimum Gasteiger partial charge on any atom is -0.272 e. The molecular weight excluding hydrogens is 424 g/mol. The zero-order valence-corrected chi connectivity index (χ0v) is 17.9. The molecule has 0 saturated heterocycles. The highest BCUT2D eigenvalue weighted by molar-refractivity contribution is 7.99. The Hall–Kier alpha value is -2.91. The van der Waals surface area contributed by atoms with E-state index in [0.717, 1.165) is 24.9 Å². The summed E-state index contributed by atoms with van der Waals surface area (Å²) in [4.78, 5) is 24.1. The van der Waals surface area contributed by atoms with E-state index in [1.807, 2.05) is 12.1 Å². The summed E-state index contributed by atoms with van der Waals surface area (Å²) in [6.07, 6.45) is 3.34. The zero-order chi connectivity index (χ0) is 21.3. The largest absolute Gasteiger partial charge is 0.272 e. The van der Waals surface area contributed by atoms with E-state index in [1.54, 1.807) is 28.9 Å². The Morgan fingerprint density at radius 3 is 2.50 bits per heavy atom. The van der Waals surface area contributed by atoms with Crippen LogP contribution in [0.2, 0.25) is 5.02 Å². The lowest BCUT2D eigenvalue weighted by Crippen LogP contribution is -2.42. The molecule has 2 N–H and O–H groups in total. The van der Waals surface area contributed by atoms with Crippen molar-refractivity contribution in [2.24, 2.45) is 0 Å². The summed E-state index contributed by atoms with van der Waals surface area (Å²) in [6.45, 7) is 2.16. The fourth-order valence-electron chi connectivity index (χ4n) is 2.58. The Balaban J connectivity index is 1.51. The van der Waals surface area contributed by atoms with Gasteiger partial charge < -0.3 is 0 Å². The Labute approximate surface area is 183 Å². The van der Waals surface area contributed by atoms with Gasteiger partial charge in [0.2, 0.25) is 11.1 Å². The maximum absolute atomic E-state index is 12.1. The Morgan fingerprint density at radius 2 is 1.80 bits per heavy atom. The molecule has 0 fully saturated rings. The molecule has 0 aliphatic heterocycles. The van der Waals surface area contributed by atoms with E-state index in [9.17, 15) is 9.59 Å². The highest BCUT2D eigenvalue weighted by Gasteiger charge is 2.13. The van der Waals surface area contributed by atoms with Crippen LogP contribution >= 0.6 is 23.4 Å². The topological polar surface area (TPSA) is 102 Å². The number of carbonyl (C=O) groups excluding carboxylic acids is 2. The van der Waals surface area contributed by atoms with Crippen molar-refractivity contribution in [3.05, 3.63) is 64.7 Å². The Kier molecular flexibility index (Phi) is 7.81. The van der Waals surface area contributed by atoms with Crippen molar-refractivity contribution in [2.45, 2.75) is 31.3 Å². The number of unbranched alkanes of at least 4 members (excludes halogenated alkanes) is 1. The van der Waals surface area contributed by atoms with Crippen molar-refractivity contribution in [3.8, 4) is 5.69 Å². The van der Waals surface area contributed by atoms with Crippen molar-refractivity contribution in [1.82, 2.24) is 31.1 Å². The van der Waals surface area contributed by atoms with E-state index in [-0.39, 0.29) is 11.7 Å². The first kappa shape index (κ1) is 21.8. The second-order valence-corrected chi connectivity index (χ2v) is 7.82. The highest BCUT2D eigenvalue weighted by atomic mass is 35.5. The van der Waals surface area contributed by atoms with Crippen LogP contribution in [0.3, 0.4) is 0 Å². The van der Waals surface area contributed by atoms with Crippen molar-refractivity contribution in [1.29, 1.82) is 0 Å². The van der Waals surface area contributed by atoms with Gasteiger partial charge in [-0.25, -0.2) is 0 Å². The first-order chi connectivity index (χ1) is 14.6. The lowest BCUT2D eigenvalue weighted by atomic mass is 10.1. The molecule has 2 amide bonds. The number of benzene rings is 2. The molecule has 0 radical (unpaired) electrons. The maximum atomic E-state index is 12.1. The minimum atomic E-state index is -0.432. The van der Waals surface area contributed by atoms with Gasteiger partial charge in [-0.1, -0.05) is 48.8 Å². The van der Waals surface area contributed by atoms with Gasteiger partial charge in [-0.15, -0.1) is 5.10 Å². The zero-order valence-electron chi connectivity index (χ0n) is 16.3. The summed E-state index contributed by atoms with van der Waals surface area (Å²) >= 11 is 6.97. The number of nitrogens with one attached hydrogen (secondary N) is 2. The smallest absolute Gasteiger partial charge is 0.269 e. The van der Waals surface area contributed by atoms with Crippen LogP contribution in [-0.2, 0) is 11.2 Å². The molecule has 1 aromatic heterocycles. The minimum absolute atomic E-state index is 0.0376. The van der Waals surface area contributed by atoms with Gasteiger partial charge in [0.05, 0.1) is 11.4 Å². The van der Waals surface area contributed by atoms with E-state index in [1.165, 1.54) is 17.3 Å². The summed E-state index contributed by atoms with van der Waals surface area (Å²) < 4.78 is 1.58. The van der Waals surface area contributed by atoms with E-state index in [2.05, 4.69) is 45.4 Å². The van der Waals surface area contributed by atoms with Gasteiger partial charge in [-0.2, -0.15) is 4.68 Å². The molecule has 0 atom stereocenters. The highest BCUT2D eigenvalue weighted by Crippen LogP contribution is 2.18. The van der Waals surface area contributed by atoms with Gasteiger partial charge in [0, 0.05) is 10.6 Å². The van der Waals surface area contributed by atoms with Crippen molar-refractivity contribution >= 4 is 35.2 Å². The number of halogens is 1. The quantitative estimate of drug-likeness (QED) is 0.408. The number of aryl methyl sites for hydroxylation is 1. The first-order valence-electron chi connectivity index (χ1n) is 9.42. The standard InChI is InChI=1S/C20H21ClN6O2S/c1-2-3-4-14-5-11-17(12-6-14)27-20(24-25-26-27)30-13-18(28)22-23-19(29)15-7-9-16(21)10-8-15/h5-12H,2-4,13H2,1H3,(H,22,28)(H,23,29). The number of hydrogen-bond acceptors (Lipinski definition) is 6. The van der Waals surface area contributed by atoms with Gasteiger partial charge >= 0.3 is 0 Å². The summed E-state index contributed by atoms with van der Waals surface area (Å²) in [6, 6.07) is 14.4. The van der Waals surface area contributed by atoms with Crippen LogP contribution in [0.1, 0.15) is 35.7 Å². The first-order valence-corrected chi connectivity index (χ1v) is 10.8. The molecule has 10 heteroatoms. The molecule has 0 aliphatic carbocycles. The van der Waals surface area contributed by atoms with E-state index in [4.69, 9.17) is 11.6 Å². The second kappa shape index (κ2) is 10.7. The van der Waals surface area contributed by atoms with Crippen LogP contribution < -0.4 is 10.9 Å². The molecule has 2 aromatic carbocycles. The number of carbonyl (C=O) groups is 2. The summed E-state index contributed by atoms with van der Waals surface area (Å²) in [5.74, 6) is -0.777. The third-order valence-electron chi connectivity index (χ3n) is 4.20. The average molecular weight is 445 g/mol. The lowest BCUT2D eigenvalue weighted by Gasteiger charge is -2.08. The summed E-state index contributed by atoms with van der Waals surface area (Å²) in [7, 11) is 0. The van der Waals surface area contributed by atoms with Gasteiger partial charge in [-0.3, -0.25) is 20.4 Å². The Morgan fingerprint density at radius 1 is 1.07 bits per heavy atom. The molecule has 1 heterocycles. The number of amides is 2. The number of aromatic nitrogens is 4. The molecule has 156 valence electrons. The van der Waals surface area contributed by atoms with Crippen molar-refractivity contribution in [2.75, 3.05) is 5.75 Å². The normalized spacial score (nSPS) is 10.6.